The van der Waals surface area contributed by atoms with E-state index < -0.39 is 11.6 Å². The van der Waals surface area contributed by atoms with Crippen molar-refractivity contribution in [3.05, 3.63) is 59.7 Å². The summed E-state index contributed by atoms with van der Waals surface area (Å²) < 4.78 is 25.8. The van der Waals surface area contributed by atoms with Crippen molar-refractivity contribution in [2.45, 2.75) is 13.0 Å². The topological polar surface area (TPSA) is 32.3 Å². The predicted molar refractivity (Wildman–Crippen MR) is 66.5 cm³/mol. The summed E-state index contributed by atoms with van der Waals surface area (Å²) in [6, 6.07) is 10.3. The number of hydrogen-bond donors (Lipinski definition) is 2. The molecule has 1 atom stereocenters. The Hall–Kier alpha value is -2.10. The van der Waals surface area contributed by atoms with Crippen LogP contribution in [0.1, 0.15) is 18.5 Å². The molecule has 4 heteroatoms. The van der Waals surface area contributed by atoms with Crippen LogP contribution in [-0.2, 0) is 0 Å². The molecule has 94 valence electrons. The molecule has 0 aliphatic rings. The maximum absolute atomic E-state index is 13.0. The highest BCUT2D eigenvalue weighted by molar-refractivity contribution is 5.46. The third kappa shape index (κ3) is 2.77. The number of aromatic hydroxyl groups is 1. The van der Waals surface area contributed by atoms with Gasteiger partial charge in [0.05, 0.1) is 0 Å². The smallest absolute Gasteiger partial charge is 0.160 e. The van der Waals surface area contributed by atoms with Gasteiger partial charge in [-0.3, -0.25) is 0 Å². The lowest BCUT2D eigenvalue weighted by Crippen LogP contribution is -2.06. The summed E-state index contributed by atoms with van der Waals surface area (Å²) in [5.41, 5.74) is 1.45. The van der Waals surface area contributed by atoms with Crippen LogP contribution in [-0.4, -0.2) is 5.11 Å². The van der Waals surface area contributed by atoms with E-state index in [2.05, 4.69) is 5.32 Å². The molecular weight excluding hydrogens is 236 g/mol. The van der Waals surface area contributed by atoms with E-state index in [0.717, 1.165) is 17.7 Å². The molecule has 0 saturated carbocycles. The van der Waals surface area contributed by atoms with E-state index in [1.165, 1.54) is 6.07 Å². The lowest BCUT2D eigenvalue weighted by atomic mass is 10.1. The molecule has 18 heavy (non-hydrogen) atoms. The van der Waals surface area contributed by atoms with Crippen molar-refractivity contribution in [1.29, 1.82) is 0 Å². The molecule has 0 fully saturated rings. The summed E-state index contributed by atoms with van der Waals surface area (Å²) >= 11 is 0. The van der Waals surface area contributed by atoms with E-state index in [0.29, 0.717) is 5.69 Å². The largest absolute Gasteiger partial charge is 0.508 e. The molecule has 0 aromatic heterocycles. The third-order valence-electron chi connectivity index (χ3n) is 2.70. The monoisotopic (exact) mass is 249 g/mol. The van der Waals surface area contributed by atoms with Crippen LogP contribution in [0.3, 0.4) is 0 Å². The van der Waals surface area contributed by atoms with Crippen LogP contribution >= 0.6 is 0 Å². The number of phenols is 1. The van der Waals surface area contributed by atoms with E-state index in [9.17, 15) is 13.9 Å². The lowest BCUT2D eigenvalue weighted by Gasteiger charge is -2.15. The van der Waals surface area contributed by atoms with Crippen LogP contribution in [0.4, 0.5) is 14.5 Å². The Morgan fingerprint density at radius 1 is 1.00 bits per heavy atom. The minimum absolute atomic E-state index is 0.0736. The Labute approximate surface area is 104 Å². The summed E-state index contributed by atoms with van der Waals surface area (Å²) in [6.07, 6.45) is 0. The number of halogens is 2. The first-order valence-electron chi connectivity index (χ1n) is 5.57. The second-order valence-electron chi connectivity index (χ2n) is 4.09. The van der Waals surface area contributed by atoms with Gasteiger partial charge in [-0.1, -0.05) is 12.1 Å². The first kappa shape index (κ1) is 12.4. The Morgan fingerprint density at radius 2 is 1.67 bits per heavy atom. The first-order chi connectivity index (χ1) is 8.56. The molecule has 0 bridgehead atoms. The number of benzene rings is 2. The van der Waals surface area contributed by atoms with Crippen molar-refractivity contribution in [3.8, 4) is 5.75 Å². The molecule has 0 aliphatic heterocycles. The van der Waals surface area contributed by atoms with E-state index >= 15 is 0 Å². The van der Waals surface area contributed by atoms with Crippen molar-refractivity contribution in [1.82, 2.24) is 0 Å². The third-order valence-corrected chi connectivity index (χ3v) is 2.70. The van der Waals surface area contributed by atoms with Gasteiger partial charge in [0, 0.05) is 17.8 Å². The van der Waals surface area contributed by atoms with Gasteiger partial charge in [0.25, 0.3) is 0 Å². The number of phenolic OH excluding ortho intramolecular Hbond substituents is 1. The normalized spacial score (nSPS) is 12.2. The van der Waals surface area contributed by atoms with Gasteiger partial charge in [-0.15, -0.1) is 0 Å². The molecule has 0 radical (unpaired) electrons. The lowest BCUT2D eigenvalue weighted by molar-refractivity contribution is 0.475. The molecule has 0 heterocycles. The zero-order valence-corrected chi connectivity index (χ0v) is 9.82. The van der Waals surface area contributed by atoms with Gasteiger partial charge in [0.15, 0.2) is 11.6 Å². The molecule has 2 nitrogen and oxygen atoms in total. The van der Waals surface area contributed by atoms with Crippen molar-refractivity contribution in [2.75, 3.05) is 5.32 Å². The van der Waals surface area contributed by atoms with Gasteiger partial charge in [0.2, 0.25) is 0 Å². The molecule has 2 aromatic rings. The first-order valence-corrected chi connectivity index (χ1v) is 5.57. The van der Waals surface area contributed by atoms with Crippen LogP contribution in [0.2, 0.25) is 0 Å². The molecule has 0 spiro atoms. The summed E-state index contributed by atoms with van der Waals surface area (Å²) in [6.45, 7) is 1.90. The zero-order valence-electron chi connectivity index (χ0n) is 9.82. The Bertz CT molecular complexity index is 540. The van der Waals surface area contributed by atoms with Crippen molar-refractivity contribution < 1.29 is 13.9 Å². The highest BCUT2D eigenvalue weighted by atomic mass is 19.2. The summed E-state index contributed by atoms with van der Waals surface area (Å²) in [4.78, 5) is 0. The van der Waals surface area contributed by atoms with Crippen molar-refractivity contribution in [2.24, 2.45) is 0 Å². The maximum atomic E-state index is 13.0. The van der Waals surface area contributed by atoms with Gasteiger partial charge in [-0.25, -0.2) is 8.78 Å². The highest BCUT2D eigenvalue weighted by Gasteiger charge is 2.07. The maximum Gasteiger partial charge on any atom is 0.160 e. The van der Waals surface area contributed by atoms with E-state index in [1.54, 1.807) is 24.3 Å². The number of hydrogen-bond acceptors (Lipinski definition) is 2. The second-order valence-corrected chi connectivity index (χ2v) is 4.09. The number of anilines is 1. The fraction of sp³-hybridized carbons (Fsp3) is 0.143. The molecule has 2 rings (SSSR count). The molecule has 0 amide bonds. The standard InChI is InChI=1S/C14H13F2NO/c1-9(10-2-5-12(18)6-3-10)17-11-4-7-13(15)14(16)8-11/h2-9,17-18H,1H3. The van der Waals surface area contributed by atoms with Crippen LogP contribution in [0.25, 0.3) is 0 Å². The quantitative estimate of drug-likeness (QED) is 0.866. The fourth-order valence-corrected chi connectivity index (χ4v) is 1.68. The van der Waals surface area contributed by atoms with Crippen LogP contribution in [0.5, 0.6) is 5.75 Å². The summed E-state index contributed by atoms with van der Waals surface area (Å²) in [7, 11) is 0. The van der Waals surface area contributed by atoms with Crippen LogP contribution in [0, 0.1) is 11.6 Å². The second kappa shape index (κ2) is 5.04. The minimum atomic E-state index is -0.877. The van der Waals surface area contributed by atoms with Gasteiger partial charge in [-0.2, -0.15) is 0 Å². The average Bonchev–Trinajstić information content (AvgIpc) is 2.34. The number of nitrogens with one attached hydrogen (secondary N) is 1. The van der Waals surface area contributed by atoms with Crippen molar-refractivity contribution in [3.63, 3.8) is 0 Å². The summed E-state index contributed by atoms with van der Waals surface area (Å²) in [5, 5.41) is 12.2. The predicted octanol–water partition coefficient (Wildman–Crippen LogP) is 3.84. The van der Waals surface area contributed by atoms with Gasteiger partial charge >= 0.3 is 0 Å². The van der Waals surface area contributed by atoms with Crippen LogP contribution in [0.15, 0.2) is 42.5 Å². The average molecular weight is 249 g/mol. The molecule has 2 aromatic carbocycles. The number of rotatable bonds is 3. The SMILES string of the molecule is CC(Nc1ccc(F)c(F)c1)c1ccc(O)cc1. The zero-order chi connectivity index (χ0) is 13.1. The minimum Gasteiger partial charge on any atom is -0.508 e. The van der Waals surface area contributed by atoms with Gasteiger partial charge in [-0.05, 0) is 36.8 Å². The highest BCUT2D eigenvalue weighted by Crippen LogP contribution is 2.22. The molecule has 0 aliphatic carbocycles. The Kier molecular flexibility index (Phi) is 3.46. The Morgan fingerprint density at radius 3 is 2.28 bits per heavy atom. The van der Waals surface area contributed by atoms with Gasteiger partial charge in [0.1, 0.15) is 5.75 Å². The van der Waals surface area contributed by atoms with Gasteiger partial charge < -0.3 is 10.4 Å². The van der Waals surface area contributed by atoms with Crippen LogP contribution < -0.4 is 5.32 Å². The fourth-order valence-electron chi connectivity index (χ4n) is 1.68. The molecular formula is C14H13F2NO. The van der Waals surface area contributed by atoms with E-state index in [4.69, 9.17) is 0 Å². The molecule has 1 unspecified atom stereocenters. The van der Waals surface area contributed by atoms with E-state index in [1.807, 2.05) is 6.92 Å². The Balaban J connectivity index is 2.13. The van der Waals surface area contributed by atoms with Crippen molar-refractivity contribution >= 4 is 5.69 Å². The molecule has 0 saturated heterocycles. The molecule has 2 N–H and O–H groups in total. The van der Waals surface area contributed by atoms with E-state index in [-0.39, 0.29) is 11.8 Å². The summed E-state index contributed by atoms with van der Waals surface area (Å²) in [5.74, 6) is -1.55.